The zero-order valence-corrected chi connectivity index (χ0v) is 9.97. The van der Waals surface area contributed by atoms with Gasteiger partial charge in [0.15, 0.2) is 0 Å². The van der Waals surface area contributed by atoms with E-state index in [0.717, 1.165) is 12.8 Å². The molecule has 84 valence electrons. The molecule has 14 heavy (non-hydrogen) atoms. The lowest BCUT2D eigenvalue weighted by atomic mass is 9.75. The number of carboxylic acid groups (broad SMARTS) is 1. The fourth-order valence-electron chi connectivity index (χ4n) is 1.76. The van der Waals surface area contributed by atoms with Gasteiger partial charge in [0.2, 0.25) is 0 Å². The van der Waals surface area contributed by atoms with Gasteiger partial charge in [-0.3, -0.25) is 4.79 Å². The van der Waals surface area contributed by atoms with Gasteiger partial charge in [-0.15, -0.1) is 0 Å². The first-order valence-corrected chi connectivity index (χ1v) is 5.59. The maximum atomic E-state index is 10.5. The highest BCUT2D eigenvalue weighted by atomic mass is 16.4. The second kappa shape index (κ2) is 6.05. The highest BCUT2D eigenvalue weighted by molar-refractivity contribution is 5.66. The Morgan fingerprint density at radius 2 is 1.86 bits per heavy atom. The maximum Gasteiger partial charge on any atom is 0.303 e. The average molecular weight is 200 g/mol. The summed E-state index contributed by atoms with van der Waals surface area (Å²) in [7, 11) is 0. The van der Waals surface area contributed by atoms with Gasteiger partial charge in [-0.25, -0.2) is 0 Å². The Morgan fingerprint density at radius 1 is 1.29 bits per heavy atom. The summed E-state index contributed by atoms with van der Waals surface area (Å²) in [6, 6.07) is 0. The van der Waals surface area contributed by atoms with Crippen molar-refractivity contribution in [3.05, 3.63) is 0 Å². The zero-order chi connectivity index (χ0) is 11.2. The Kier molecular flexibility index (Phi) is 5.82. The number of carbonyl (C=O) groups is 1. The second-order valence-corrected chi connectivity index (χ2v) is 5.14. The molecular formula is C12H24O2. The minimum atomic E-state index is -0.671. The molecule has 0 saturated carbocycles. The molecule has 0 aliphatic carbocycles. The molecule has 0 aromatic rings. The van der Waals surface area contributed by atoms with Crippen LogP contribution in [-0.4, -0.2) is 11.1 Å². The van der Waals surface area contributed by atoms with E-state index in [-0.39, 0.29) is 5.41 Å². The molecule has 2 heteroatoms. The Bertz CT molecular complexity index is 168. The minimum Gasteiger partial charge on any atom is -0.481 e. The molecule has 1 atom stereocenters. The van der Waals surface area contributed by atoms with Crippen LogP contribution < -0.4 is 0 Å². The smallest absolute Gasteiger partial charge is 0.303 e. The van der Waals surface area contributed by atoms with Gasteiger partial charge in [-0.1, -0.05) is 40.5 Å². The van der Waals surface area contributed by atoms with Crippen LogP contribution in [0.2, 0.25) is 0 Å². The maximum absolute atomic E-state index is 10.5. The zero-order valence-electron chi connectivity index (χ0n) is 9.97. The van der Waals surface area contributed by atoms with Gasteiger partial charge in [0.25, 0.3) is 0 Å². The molecule has 1 unspecified atom stereocenters. The number of hydrogen-bond donors (Lipinski definition) is 1. The molecule has 0 heterocycles. The van der Waals surface area contributed by atoms with Crippen LogP contribution in [0.15, 0.2) is 0 Å². The largest absolute Gasteiger partial charge is 0.481 e. The number of rotatable bonds is 6. The first-order chi connectivity index (χ1) is 6.38. The summed E-state index contributed by atoms with van der Waals surface area (Å²) in [4.78, 5) is 10.5. The van der Waals surface area contributed by atoms with E-state index in [1.54, 1.807) is 0 Å². The molecule has 0 rings (SSSR count). The van der Waals surface area contributed by atoms with E-state index in [9.17, 15) is 4.79 Å². The highest BCUT2D eigenvalue weighted by Gasteiger charge is 2.24. The van der Waals surface area contributed by atoms with Crippen molar-refractivity contribution < 1.29 is 9.90 Å². The summed E-state index contributed by atoms with van der Waals surface area (Å²) in [5.74, 6) is -0.130. The van der Waals surface area contributed by atoms with Gasteiger partial charge < -0.3 is 5.11 Å². The number of aliphatic carboxylic acids is 1. The fourth-order valence-corrected chi connectivity index (χ4v) is 1.76. The van der Waals surface area contributed by atoms with E-state index in [1.807, 2.05) is 0 Å². The molecule has 0 aromatic carbocycles. The number of unbranched alkanes of at least 4 members (excludes halogenated alkanes) is 1. The van der Waals surface area contributed by atoms with Crippen LogP contribution in [0, 0.1) is 11.3 Å². The van der Waals surface area contributed by atoms with Gasteiger partial charge in [-0.2, -0.15) is 0 Å². The molecule has 0 fully saturated rings. The van der Waals surface area contributed by atoms with Gasteiger partial charge in [0.05, 0.1) is 0 Å². The molecule has 0 radical (unpaired) electrons. The van der Waals surface area contributed by atoms with Crippen LogP contribution in [0.25, 0.3) is 0 Å². The molecule has 0 bridgehead atoms. The van der Waals surface area contributed by atoms with Crippen LogP contribution in [0.3, 0.4) is 0 Å². The first-order valence-electron chi connectivity index (χ1n) is 5.59. The molecule has 0 aliphatic rings. The first kappa shape index (κ1) is 13.5. The lowest BCUT2D eigenvalue weighted by Gasteiger charge is -2.30. The van der Waals surface area contributed by atoms with Crippen molar-refractivity contribution in [3.63, 3.8) is 0 Å². The highest BCUT2D eigenvalue weighted by Crippen LogP contribution is 2.33. The van der Waals surface area contributed by atoms with Crippen LogP contribution >= 0.6 is 0 Å². The van der Waals surface area contributed by atoms with Crippen molar-refractivity contribution in [2.75, 3.05) is 0 Å². The minimum absolute atomic E-state index is 0.241. The van der Waals surface area contributed by atoms with Crippen molar-refractivity contribution in [2.24, 2.45) is 11.3 Å². The van der Waals surface area contributed by atoms with E-state index in [2.05, 4.69) is 27.7 Å². The summed E-state index contributed by atoms with van der Waals surface area (Å²) in [6.45, 7) is 8.79. The Labute approximate surface area is 87.7 Å². The third-order valence-corrected chi connectivity index (χ3v) is 2.84. The van der Waals surface area contributed by atoms with Gasteiger partial charge in [0.1, 0.15) is 0 Å². The average Bonchev–Trinajstić information content (AvgIpc) is 2.01. The van der Waals surface area contributed by atoms with Crippen LogP contribution in [0.5, 0.6) is 0 Å². The SMILES string of the molecule is CCCCC(CCC(=O)O)C(C)(C)C. The van der Waals surface area contributed by atoms with Crippen molar-refractivity contribution in [2.45, 2.75) is 59.8 Å². The van der Waals surface area contributed by atoms with E-state index in [4.69, 9.17) is 5.11 Å². The summed E-state index contributed by atoms with van der Waals surface area (Å²) in [5.41, 5.74) is 0.241. The Hall–Kier alpha value is -0.530. The monoisotopic (exact) mass is 200 g/mol. The third-order valence-electron chi connectivity index (χ3n) is 2.84. The number of hydrogen-bond acceptors (Lipinski definition) is 1. The molecule has 0 amide bonds. The van der Waals surface area contributed by atoms with Crippen LogP contribution in [0.4, 0.5) is 0 Å². The van der Waals surface area contributed by atoms with Crippen molar-refractivity contribution in [1.82, 2.24) is 0 Å². The van der Waals surface area contributed by atoms with Gasteiger partial charge >= 0.3 is 5.97 Å². The predicted octanol–water partition coefficient (Wildman–Crippen LogP) is 3.70. The summed E-state index contributed by atoms with van der Waals surface area (Å²) in [5, 5.41) is 8.65. The lowest BCUT2D eigenvalue weighted by Crippen LogP contribution is -2.21. The third kappa shape index (κ3) is 6.01. The predicted molar refractivity (Wildman–Crippen MR) is 59.3 cm³/mol. The normalized spacial score (nSPS) is 14.0. The Balaban J connectivity index is 4.04. The van der Waals surface area contributed by atoms with E-state index >= 15 is 0 Å². The molecule has 2 nitrogen and oxygen atoms in total. The van der Waals surface area contributed by atoms with Gasteiger partial charge in [-0.05, 0) is 24.2 Å². The topological polar surface area (TPSA) is 37.3 Å². The standard InChI is InChI=1S/C12H24O2/c1-5-6-7-10(12(2,3)4)8-9-11(13)14/h10H,5-9H2,1-4H3,(H,13,14). The summed E-state index contributed by atoms with van der Waals surface area (Å²) < 4.78 is 0. The van der Waals surface area contributed by atoms with Crippen molar-refractivity contribution in [3.8, 4) is 0 Å². The van der Waals surface area contributed by atoms with E-state index in [0.29, 0.717) is 12.3 Å². The molecule has 0 saturated heterocycles. The molecule has 0 aliphatic heterocycles. The molecule has 0 spiro atoms. The quantitative estimate of drug-likeness (QED) is 0.709. The van der Waals surface area contributed by atoms with Crippen molar-refractivity contribution >= 4 is 5.97 Å². The summed E-state index contributed by atoms with van der Waals surface area (Å²) >= 11 is 0. The van der Waals surface area contributed by atoms with E-state index < -0.39 is 5.97 Å². The number of carboxylic acids is 1. The fraction of sp³-hybridized carbons (Fsp3) is 0.917. The van der Waals surface area contributed by atoms with Crippen LogP contribution in [-0.2, 0) is 4.79 Å². The lowest BCUT2D eigenvalue weighted by molar-refractivity contribution is -0.137. The van der Waals surface area contributed by atoms with Crippen molar-refractivity contribution in [1.29, 1.82) is 0 Å². The second-order valence-electron chi connectivity index (χ2n) is 5.14. The molecular weight excluding hydrogens is 176 g/mol. The van der Waals surface area contributed by atoms with Crippen LogP contribution in [0.1, 0.15) is 59.8 Å². The molecule has 0 aromatic heterocycles. The van der Waals surface area contributed by atoms with Gasteiger partial charge in [0, 0.05) is 6.42 Å². The molecule has 1 N–H and O–H groups in total. The summed E-state index contributed by atoms with van der Waals surface area (Å²) in [6.07, 6.45) is 4.69. The Morgan fingerprint density at radius 3 is 2.21 bits per heavy atom. The van der Waals surface area contributed by atoms with E-state index in [1.165, 1.54) is 12.8 Å².